The molecule has 7 nitrogen and oxygen atoms in total. The van der Waals surface area contributed by atoms with Gasteiger partial charge >= 0.3 is 5.97 Å². The lowest BCUT2D eigenvalue weighted by atomic mass is 10.1. The van der Waals surface area contributed by atoms with Crippen molar-refractivity contribution in [1.29, 1.82) is 0 Å². The number of nitrogens with zero attached hydrogens (tertiary/aromatic N) is 1. The zero-order chi connectivity index (χ0) is 20.8. The number of ether oxygens (including phenoxy) is 2. The molecular formula is C20H21NO6S2. The molecule has 2 aliphatic heterocycles. The predicted molar refractivity (Wildman–Crippen MR) is 109 cm³/mol. The Morgan fingerprint density at radius 3 is 2.79 bits per heavy atom. The molecule has 2 aromatic rings. The number of carbonyl (C=O) groups is 2. The van der Waals surface area contributed by atoms with Crippen molar-refractivity contribution in [2.45, 2.75) is 32.1 Å². The molecule has 1 amide bonds. The Hall–Kier alpha value is -2.39. The van der Waals surface area contributed by atoms with Gasteiger partial charge < -0.3 is 14.4 Å². The van der Waals surface area contributed by atoms with Crippen LogP contribution >= 0.6 is 11.3 Å². The van der Waals surface area contributed by atoms with Crippen LogP contribution in [0.15, 0.2) is 30.3 Å². The first kappa shape index (κ1) is 19.9. The van der Waals surface area contributed by atoms with Gasteiger partial charge in [-0.25, -0.2) is 13.2 Å². The Labute approximate surface area is 173 Å². The summed E-state index contributed by atoms with van der Waals surface area (Å²) in [4.78, 5) is 28.0. The van der Waals surface area contributed by atoms with Crippen LogP contribution in [0.3, 0.4) is 0 Å². The van der Waals surface area contributed by atoms with Crippen molar-refractivity contribution in [2.24, 2.45) is 0 Å². The highest BCUT2D eigenvalue weighted by Crippen LogP contribution is 2.42. The lowest BCUT2D eigenvalue weighted by Crippen LogP contribution is -2.44. The number of hydrogen-bond donors (Lipinski definition) is 0. The van der Waals surface area contributed by atoms with E-state index < -0.39 is 27.8 Å². The number of sulfone groups is 1. The molecule has 0 N–H and O–H groups in total. The van der Waals surface area contributed by atoms with Gasteiger partial charge in [0.15, 0.2) is 15.9 Å². The first-order valence-corrected chi connectivity index (χ1v) is 11.9. The van der Waals surface area contributed by atoms with Crippen LogP contribution in [-0.2, 0) is 26.0 Å². The Morgan fingerprint density at radius 2 is 2.07 bits per heavy atom. The molecule has 3 heterocycles. The van der Waals surface area contributed by atoms with E-state index in [-0.39, 0.29) is 17.5 Å². The zero-order valence-electron chi connectivity index (χ0n) is 16.1. The summed E-state index contributed by atoms with van der Waals surface area (Å²) in [6.07, 6.45) is -0.596. The fourth-order valence-electron chi connectivity index (χ4n) is 3.62. The van der Waals surface area contributed by atoms with E-state index in [0.717, 1.165) is 21.8 Å². The second kappa shape index (κ2) is 7.46. The highest BCUT2D eigenvalue weighted by atomic mass is 32.2. The number of hydrogen-bond acceptors (Lipinski definition) is 7. The highest BCUT2D eigenvalue weighted by molar-refractivity contribution is 7.91. The molecule has 0 radical (unpaired) electrons. The van der Waals surface area contributed by atoms with E-state index in [9.17, 15) is 18.0 Å². The summed E-state index contributed by atoms with van der Waals surface area (Å²) in [5.74, 6) is -0.176. The maximum atomic E-state index is 12.6. The molecule has 0 spiro atoms. The van der Waals surface area contributed by atoms with Crippen LogP contribution in [0.4, 0.5) is 0 Å². The van der Waals surface area contributed by atoms with Crippen LogP contribution < -0.4 is 4.74 Å². The van der Waals surface area contributed by atoms with Gasteiger partial charge in [-0.2, -0.15) is 0 Å². The van der Waals surface area contributed by atoms with Gasteiger partial charge in [-0.15, -0.1) is 11.3 Å². The van der Waals surface area contributed by atoms with Crippen molar-refractivity contribution in [2.75, 3.05) is 18.6 Å². The normalized spacial score (nSPS) is 20.1. The number of thiophene rings is 1. The summed E-state index contributed by atoms with van der Waals surface area (Å²) < 4.78 is 34.4. The predicted octanol–water partition coefficient (Wildman–Crippen LogP) is 2.50. The van der Waals surface area contributed by atoms with Crippen molar-refractivity contribution in [3.8, 4) is 16.2 Å². The smallest absolute Gasteiger partial charge is 0.349 e. The molecule has 0 bridgehead atoms. The highest BCUT2D eigenvalue weighted by Gasteiger charge is 2.35. The number of carbonyl (C=O) groups excluding carboxylic acids is 2. The average molecular weight is 436 g/mol. The fourth-order valence-corrected chi connectivity index (χ4v) is 6.47. The largest absolute Gasteiger partial charge is 0.488 e. The Balaban J connectivity index is 1.45. The summed E-state index contributed by atoms with van der Waals surface area (Å²) in [5, 5.41) is 0. The molecule has 4 rings (SSSR count). The van der Waals surface area contributed by atoms with Crippen LogP contribution in [-0.4, -0.2) is 55.9 Å². The van der Waals surface area contributed by atoms with E-state index in [1.807, 2.05) is 24.3 Å². The molecule has 0 saturated carbocycles. The molecule has 29 heavy (non-hydrogen) atoms. The van der Waals surface area contributed by atoms with Gasteiger partial charge in [0.1, 0.15) is 17.2 Å². The number of esters is 1. The van der Waals surface area contributed by atoms with Gasteiger partial charge in [-0.3, -0.25) is 4.79 Å². The Kier molecular flexibility index (Phi) is 5.12. The van der Waals surface area contributed by atoms with Gasteiger partial charge in [0.25, 0.3) is 5.91 Å². The van der Waals surface area contributed by atoms with Crippen LogP contribution in [0.1, 0.15) is 28.6 Å². The van der Waals surface area contributed by atoms with Crippen molar-refractivity contribution < 1.29 is 27.5 Å². The van der Waals surface area contributed by atoms with E-state index in [0.29, 0.717) is 17.9 Å². The Bertz CT molecular complexity index is 1070. The van der Waals surface area contributed by atoms with Gasteiger partial charge in [0, 0.05) is 29.1 Å². The number of rotatable bonds is 4. The molecule has 1 fully saturated rings. The monoisotopic (exact) mass is 435 g/mol. The minimum Gasteiger partial charge on any atom is -0.488 e. The SMILES string of the molecule is CC(OC(=O)c1cc2c(s1)-c1ccccc1OC2)C(=O)N(C)C1CCS(=O)(=O)C1. The second-order valence-corrected chi connectivity index (χ2v) is 10.6. The summed E-state index contributed by atoms with van der Waals surface area (Å²) in [7, 11) is -1.55. The molecule has 2 aliphatic rings. The summed E-state index contributed by atoms with van der Waals surface area (Å²) in [5.41, 5.74) is 1.84. The Morgan fingerprint density at radius 1 is 1.31 bits per heavy atom. The number of para-hydroxylation sites is 1. The second-order valence-electron chi connectivity index (χ2n) is 7.30. The quantitative estimate of drug-likeness (QED) is 0.686. The van der Waals surface area contributed by atoms with E-state index >= 15 is 0 Å². The van der Waals surface area contributed by atoms with E-state index in [1.165, 1.54) is 23.2 Å². The van der Waals surface area contributed by atoms with Gasteiger partial charge in [-0.1, -0.05) is 12.1 Å². The standard InChI is InChI=1S/C20H21NO6S2/c1-12(19(22)21(2)14-7-8-29(24,25)11-14)27-20(23)17-9-13-10-26-16-6-4-3-5-15(16)18(13)28-17/h3-6,9,12,14H,7-8,10-11H2,1-2H3. The zero-order valence-corrected chi connectivity index (χ0v) is 17.7. The summed E-state index contributed by atoms with van der Waals surface area (Å²) >= 11 is 1.31. The molecule has 0 aliphatic carbocycles. The van der Waals surface area contributed by atoms with Crippen LogP contribution in [0, 0.1) is 0 Å². The lowest BCUT2D eigenvalue weighted by Gasteiger charge is -2.26. The third kappa shape index (κ3) is 3.89. The van der Waals surface area contributed by atoms with Crippen molar-refractivity contribution in [3.05, 3.63) is 40.8 Å². The van der Waals surface area contributed by atoms with Crippen molar-refractivity contribution in [3.63, 3.8) is 0 Å². The topological polar surface area (TPSA) is 90.0 Å². The molecular weight excluding hydrogens is 414 g/mol. The maximum Gasteiger partial charge on any atom is 0.349 e. The molecule has 154 valence electrons. The minimum absolute atomic E-state index is 0.0487. The number of benzene rings is 1. The molecule has 2 unspecified atom stereocenters. The van der Waals surface area contributed by atoms with E-state index in [2.05, 4.69) is 0 Å². The fraction of sp³-hybridized carbons (Fsp3) is 0.400. The van der Waals surface area contributed by atoms with E-state index in [1.54, 1.807) is 13.1 Å². The maximum absolute atomic E-state index is 12.6. The number of amides is 1. The molecule has 1 saturated heterocycles. The first-order chi connectivity index (χ1) is 13.7. The van der Waals surface area contributed by atoms with Gasteiger partial charge in [-0.05, 0) is 31.5 Å². The van der Waals surface area contributed by atoms with Gasteiger partial charge in [0.05, 0.1) is 11.5 Å². The van der Waals surface area contributed by atoms with Crippen LogP contribution in [0.25, 0.3) is 10.4 Å². The molecule has 9 heteroatoms. The van der Waals surface area contributed by atoms with Crippen molar-refractivity contribution >= 4 is 33.1 Å². The summed E-state index contributed by atoms with van der Waals surface area (Å²) in [6, 6.07) is 8.99. The lowest BCUT2D eigenvalue weighted by molar-refractivity contribution is -0.140. The minimum atomic E-state index is -3.10. The van der Waals surface area contributed by atoms with Crippen LogP contribution in [0.5, 0.6) is 5.75 Å². The van der Waals surface area contributed by atoms with Gasteiger partial charge in [0.2, 0.25) is 0 Å². The number of likely N-dealkylation sites (N-methyl/N-ethyl adjacent to an activating group) is 1. The molecule has 1 aromatic carbocycles. The van der Waals surface area contributed by atoms with Crippen LogP contribution in [0.2, 0.25) is 0 Å². The molecule has 1 aromatic heterocycles. The van der Waals surface area contributed by atoms with E-state index in [4.69, 9.17) is 9.47 Å². The average Bonchev–Trinajstić information content (AvgIpc) is 3.30. The third-order valence-electron chi connectivity index (χ3n) is 5.26. The van der Waals surface area contributed by atoms with Crippen molar-refractivity contribution in [1.82, 2.24) is 4.90 Å². The summed E-state index contributed by atoms with van der Waals surface area (Å²) in [6.45, 7) is 1.88. The third-order valence-corrected chi connectivity index (χ3v) is 8.20. The number of fused-ring (bicyclic) bond motifs is 3. The first-order valence-electron chi connectivity index (χ1n) is 9.28. The molecule has 2 atom stereocenters.